The summed E-state index contributed by atoms with van der Waals surface area (Å²) in [6.45, 7) is 2.18. The lowest BCUT2D eigenvalue weighted by Crippen LogP contribution is -2.27. The van der Waals surface area contributed by atoms with Crippen molar-refractivity contribution in [2.75, 3.05) is 0 Å². The summed E-state index contributed by atoms with van der Waals surface area (Å²) in [5.41, 5.74) is 2.49. The molecule has 3 rings (SSSR count). The smallest absolute Gasteiger partial charge is 0.293 e. The highest BCUT2D eigenvalue weighted by molar-refractivity contribution is 8.18. The van der Waals surface area contributed by atoms with Crippen molar-refractivity contribution in [1.29, 1.82) is 0 Å². The van der Waals surface area contributed by atoms with E-state index < -0.39 is 0 Å². The summed E-state index contributed by atoms with van der Waals surface area (Å²) in [4.78, 5) is 26.1. The molecule has 0 atom stereocenters. The summed E-state index contributed by atoms with van der Waals surface area (Å²) < 4.78 is 0. The monoisotopic (exact) mass is 341 g/mol. The Hall–Kier alpha value is -2.73. The van der Waals surface area contributed by atoms with Crippen molar-refractivity contribution in [2.24, 2.45) is 0 Å². The van der Waals surface area contributed by atoms with Crippen molar-refractivity contribution < 1.29 is 19.8 Å². The second-order valence-corrected chi connectivity index (χ2v) is 6.50. The van der Waals surface area contributed by atoms with Gasteiger partial charge in [0.2, 0.25) is 0 Å². The predicted octanol–water partition coefficient (Wildman–Crippen LogP) is 3.64. The van der Waals surface area contributed by atoms with Gasteiger partial charge in [0, 0.05) is 0 Å². The Morgan fingerprint density at radius 1 is 1.08 bits per heavy atom. The lowest BCUT2D eigenvalue weighted by Gasteiger charge is -2.12. The van der Waals surface area contributed by atoms with Gasteiger partial charge in [-0.2, -0.15) is 0 Å². The molecule has 5 nitrogen and oxygen atoms in total. The first-order valence-electron chi connectivity index (χ1n) is 7.27. The zero-order valence-corrected chi connectivity index (χ0v) is 13.7. The lowest BCUT2D eigenvalue weighted by molar-refractivity contribution is -0.123. The van der Waals surface area contributed by atoms with Crippen LogP contribution in [0.2, 0.25) is 0 Å². The van der Waals surface area contributed by atoms with Crippen LogP contribution < -0.4 is 0 Å². The second-order valence-electron chi connectivity index (χ2n) is 5.51. The van der Waals surface area contributed by atoms with Gasteiger partial charge in [-0.05, 0) is 48.0 Å². The SMILES string of the molecule is Cc1cccc(CN2C(=O)S/C(=C\c3ccc(O)c(O)c3)C2=O)c1. The molecule has 2 N–H and O–H groups in total. The van der Waals surface area contributed by atoms with E-state index in [9.17, 15) is 19.8 Å². The Labute approximate surface area is 143 Å². The summed E-state index contributed by atoms with van der Waals surface area (Å²) >= 11 is 0.865. The van der Waals surface area contributed by atoms with Crippen molar-refractivity contribution in [2.45, 2.75) is 13.5 Å². The van der Waals surface area contributed by atoms with Gasteiger partial charge in [0.25, 0.3) is 11.1 Å². The minimum Gasteiger partial charge on any atom is -0.504 e. The first-order valence-corrected chi connectivity index (χ1v) is 8.08. The molecule has 1 fully saturated rings. The molecule has 0 bridgehead atoms. The number of amides is 2. The number of carbonyl (C=O) groups is 2. The molecule has 0 radical (unpaired) electrons. The van der Waals surface area contributed by atoms with Crippen molar-refractivity contribution in [3.05, 3.63) is 64.1 Å². The van der Waals surface area contributed by atoms with Crippen LogP contribution in [-0.4, -0.2) is 26.3 Å². The molecular formula is C18H15NO4S. The summed E-state index contributed by atoms with van der Waals surface area (Å²) in [6, 6.07) is 11.9. The number of aryl methyl sites for hydroxylation is 1. The summed E-state index contributed by atoms with van der Waals surface area (Å²) in [5.74, 6) is -0.874. The van der Waals surface area contributed by atoms with E-state index in [0.717, 1.165) is 22.9 Å². The van der Waals surface area contributed by atoms with Crippen LogP contribution in [0.1, 0.15) is 16.7 Å². The third-order valence-corrected chi connectivity index (χ3v) is 4.50. The van der Waals surface area contributed by atoms with Crippen LogP contribution in [0.3, 0.4) is 0 Å². The first-order chi connectivity index (χ1) is 11.4. The maximum atomic E-state index is 12.5. The molecule has 2 amide bonds. The van der Waals surface area contributed by atoms with Crippen LogP contribution in [-0.2, 0) is 11.3 Å². The predicted molar refractivity (Wildman–Crippen MR) is 92.5 cm³/mol. The van der Waals surface area contributed by atoms with E-state index in [1.165, 1.54) is 23.1 Å². The number of imide groups is 1. The molecule has 0 aromatic heterocycles. The van der Waals surface area contributed by atoms with E-state index in [2.05, 4.69) is 0 Å². The number of nitrogens with zero attached hydrogens (tertiary/aromatic N) is 1. The zero-order valence-electron chi connectivity index (χ0n) is 12.9. The van der Waals surface area contributed by atoms with Crippen molar-refractivity contribution >= 4 is 29.0 Å². The molecule has 0 spiro atoms. The van der Waals surface area contributed by atoms with Gasteiger partial charge in [0.05, 0.1) is 11.4 Å². The average molecular weight is 341 g/mol. The Morgan fingerprint density at radius 3 is 2.58 bits per heavy atom. The number of hydrogen-bond acceptors (Lipinski definition) is 5. The Morgan fingerprint density at radius 2 is 1.88 bits per heavy atom. The molecule has 122 valence electrons. The van der Waals surface area contributed by atoms with Gasteiger partial charge in [-0.3, -0.25) is 14.5 Å². The fraction of sp³-hybridized carbons (Fsp3) is 0.111. The Bertz CT molecular complexity index is 860. The van der Waals surface area contributed by atoms with Crippen LogP contribution in [0.15, 0.2) is 47.4 Å². The number of thioether (sulfide) groups is 1. The number of aromatic hydroxyl groups is 2. The third kappa shape index (κ3) is 3.28. The van der Waals surface area contributed by atoms with E-state index >= 15 is 0 Å². The molecule has 1 heterocycles. The van der Waals surface area contributed by atoms with Gasteiger partial charge in [-0.1, -0.05) is 35.9 Å². The van der Waals surface area contributed by atoms with Crippen LogP contribution in [0, 0.1) is 6.92 Å². The highest BCUT2D eigenvalue weighted by atomic mass is 32.2. The molecule has 1 aliphatic rings. The van der Waals surface area contributed by atoms with Gasteiger partial charge in [0.1, 0.15) is 0 Å². The number of benzene rings is 2. The maximum absolute atomic E-state index is 12.5. The molecule has 1 saturated heterocycles. The van der Waals surface area contributed by atoms with E-state index in [-0.39, 0.29) is 34.1 Å². The number of hydrogen-bond donors (Lipinski definition) is 2. The molecule has 1 aliphatic heterocycles. The van der Waals surface area contributed by atoms with Gasteiger partial charge in [-0.15, -0.1) is 0 Å². The molecule has 2 aromatic carbocycles. The van der Waals surface area contributed by atoms with E-state index in [1.807, 2.05) is 31.2 Å². The molecular weight excluding hydrogens is 326 g/mol. The van der Waals surface area contributed by atoms with E-state index in [1.54, 1.807) is 6.07 Å². The van der Waals surface area contributed by atoms with Crippen molar-refractivity contribution in [3.8, 4) is 11.5 Å². The molecule has 2 aromatic rings. The van der Waals surface area contributed by atoms with Crippen LogP contribution in [0.5, 0.6) is 11.5 Å². The number of phenols is 2. The zero-order chi connectivity index (χ0) is 17.3. The van der Waals surface area contributed by atoms with Gasteiger partial charge < -0.3 is 10.2 Å². The second kappa shape index (κ2) is 6.41. The van der Waals surface area contributed by atoms with Crippen LogP contribution >= 0.6 is 11.8 Å². The van der Waals surface area contributed by atoms with E-state index in [0.29, 0.717) is 5.56 Å². The first kappa shape index (κ1) is 16.1. The topological polar surface area (TPSA) is 77.8 Å². The largest absolute Gasteiger partial charge is 0.504 e. The minimum absolute atomic E-state index is 0.227. The number of carbonyl (C=O) groups excluding carboxylic acids is 2. The fourth-order valence-corrected chi connectivity index (χ4v) is 3.25. The lowest BCUT2D eigenvalue weighted by atomic mass is 10.1. The Balaban J connectivity index is 1.83. The van der Waals surface area contributed by atoms with Crippen LogP contribution in [0.25, 0.3) is 6.08 Å². The molecule has 0 aliphatic carbocycles. The Kier molecular flexibility index (Phi) is 4.31. The average Bonchev–Trinajstić information content (AvgIpc) is 2.79. The van der Waals surface area contributed by atoms with Gasteiger partial charge in [-0.25, -0.2) is 0 Å². The van der Waals surface area contributed by atoms with Gasteiger partial charge >= 0.3 is 0 Å². The third-order valence-electron chi connectivity index (χ3n) is 3.59. The summed E-state index contributed by atoms with van der Waals surface area (Å²) in [6.07, 6.45) is 1.53. The number of phenolic OH excluding ortho intramolecular Hbond substituents is 2. The van der Waals surface area contributed by atoms with Crippen molar-refractivity contribution in [1.82, 2.24) is 4.90 Å². The molecule has 6 heteroatoms. The highest BCUT2D eigenvalue weighted by Crippen LogP contribution is 2.34. The fourth-order valence-electron chi connectivity index (χ4n) is 2.41. The molecule has 24 heavy (non-hydrogen) atoms. The van der Waals surface area contributed by atoms with Gasteiger partial charge in [0.15, 0.2) is 11.5 Å². The number of rotatable bonds is 3. The summed E-state index contributed by atoms with van der Waals surface area (Å²) in [7, 11) is 0. The quantitative estimate of drug-likeness (QED) is 0.658. The highest BCUT2D eigenvalue weighted by Gasteiger charge is 2.34. The van der Waals surface area contributed by atoms with Crippen molar-refractivity contribution in [3.63, 3.8) is 0 Å². The summed E-state index contributed by atoms with van der Waals surface area (Å²) in [5, 5.41) is 18.5. The van der Waals surface area contributed by atoms with E-state index in [4.69, 9.17) is 0 Å². The maximum Gasteiger partial charge on any atom is 0.293 e. The van der Waals surface area contributed by atoms with Crippen LogP contribution in [0.4, 0.5) is 4.79 Å². The molecule has 0 unspecified atom stereocenters. The standard InChI is InChI=1S/C18H15NO4S/c1-11-3-2-4-13(7-11)10-19-17(22)16(24-18(19)23)9-12-5-6-14(20)15(21)8-12/h2-9,20-21H,10H2,1H3/b16-9-. The molecule has 0 saturated carbocycles. The minimum atomic E-state index is -0.362. The normalized spacial score (nSPS) is 16.2.